The molecule has 6 nitrogen and oxygen atoms in total. The van der Waals surface area contributed by atoms with Gasteiger partial charge in [0.1, 0.15) is 0 Å². The van der Waals surface area contributed by atoms with Gasteiger partial charge in [-0.15, -0.1) is 0 Å². The summed E-state index contributed by atoms with van der Waals surface area (Å²) in [6.07, 6.45) is 4.09. The largest absolute Gasteiger partial charge is 0.481 e. The van der Waals surface area contributed by atoms with Gasteiger partial charge in [-0.1, -0.05) is 20.8 Å². The maximum absolute atomic E-state index is 11.6. The molecule has 0 aromatic rings. The Morgan fingerprint density at radius 3 is 2.39 bits per heavy atom. The molecule has 0 aromatic heterocycles. The summed E-state index contributed by atoms with van der Waals surface area (Å²) in [6.45, 7) is 6.61. The fraction of sp³-hybridized carbons (Fsp3) is 0.960. The van der Waals surface area contributed by atoms with E-state index in [1.54, 1.807) is 7.11 Å². The summed E-state index contributed by atoms with van der Waals surface area (Å²) < 4.78 is 5.92. The first-order valence-electron chi connectivity index (χ1n) is 12.3. The molecule has 6 heteroatoms. The Labute approximate surface area is 186 Å². The van der Waals surface area contributed by atoms with Gasteiger partial charge in [0.15, 0.2) is 0 Å². The van der Waals surface area contributed by atoms with Crippen molar-refractivity contribution in [3.05, 3.63) is 0 Å². The average Bonchev–Trinajstić information content (AvgIpc) is 3.06. The topological polar surface area (TPSA) is 107 Å². The molecule has 0 aromatic carbocycles. The minimum absolute atomic E-state index is 0.0653. The summed E-state index contributed by atoms with van der Waals surface area (Å²) in [4.78, 5) is 11.1. The summed E-state index contributed by atoms with van der Waals surface area (Å²) >= 11 is 0. The highest BCUT2D eigenvalue weighted by Crippen LogP contribution is 2.68. The van der Waals surface area contributed by atoms with Crippen molar-refractivity contribution in [2.24, 2.45) is 46.3 Å². The van der Waals surface area contributed by atoms with Gasteiger partial charge in [0.25, 0.3) is 0 Å². The van der Waals surface area contributed by atoms with E-state index in [9.17, 15) is 20.1 Å². The third-order valence-electron chi connectivity index (χ3n) is 10.7. The summed E-state index contributed by atoms with van der Waals surface area (Å²) in [5.41, 5.74) is -0.451. The van der Waals surface area contributed by atoms with Crippen molar-refractivity contribution in [3.63, 3.8) is 0 Å². The van der Waals surface area contributed by atoms with Crippen LogP contribution >= 0.6 is 0 Å². The second-order valence-corrected chi connectivity index (χ2v) is 11.7. The Morgan fingerprint density at radius 1 is 1.03 bits per heavy atom. The van der Waals surface area contributed by atoms with Crippen LogP contribution in [0.1, 0.15) is 72.1 Å². The number of rotatable bonds is 5. The summed E-state index contributed by atoms with van der Waals surface area (Å²) in [5, 5.41) is 42.5. The molecule has 4 rings (SSSR count). The molecule has 0 heterocycles. The minimum atomic E-state index is -0.762. The fourth-order valence-corrected chi connectivity index (χ4v) is 9.08. The van der Waals surface area contributed by atoms with E-state index in [4.69, 9.17) is 9.84 Å². The van der Waals surface area contributed by atoms with Crippen LogP contribution in [-0.4, -0.2) is 57.9 Å². The molecule has 31 heavy (non-hydrogen) atoms. The van der Waals surface area contributed by atoms with Crippen LogP contribution in [0.25, 0.3) is 0 Å². The van der Waals surface area contributed by atoms with Crippen molar-refractivity contribution in [3.8, 4) is 0 Å². The Morgan fingerprint density at radius 2 is 1.74 bits per heavy atom. The van der Waals surface area contributed by atoms with Gasteiger partial charge in [0.2, 0.25) is 0 Å². The number of carboxylic acids is 1. The van der Waals surface area contributed by atoms with E-state index in [0.29, 0.717) is 32.1 Å². The molecule has 0 radical (unpaired) electrons. The van der Waals surface area contributed by atoms with E-state index < -0.39 is 24.3 Å². The first-order valence-corrected chi connectivity index (χ1v) is 12.3. The first kappa shape index (κ1) is 23.5. The summed E-state index contributed by atoms with van der Waals surface area (Å²) in [5.74, 6) is 0.466. The molecule has 4 fully saturated rings. The van der Waals surface area contributed by atoms with Gasteiger partial charge in [-0.2, -0.15) is 0 Å². The van der Waals surface area contributed by atoms with Crippen molar-refractivity contribution >= 4 is 5.97 Å². The number of carbonyl (C=O) groups is 1. The van der Waals surface area contributed by atoms with Gasteiger partial charge in [-0.05, 0) is 79.4 Å². The van der Waals surface area contributed by atoms with Gasteiger partial charge < -0.3 is 25.2 Å². The zero-order chi connectivity index (χ0) is 22.7. The highest BCUT2D eigenvalue weighted by atomic mass is 16.5. The van der Waals surface area contributed by atoms with E-state index in [1.807, 2.05) is 0 Å². The van der Waals surface area contributed by atoms with Crippen LogP contribution in [0.2, 0.25) is 0 Å². The molecular formula is C25H42O6. The normalized spacial score (nSPS) is 52.7. The third-order valence-corrected chi connectivity index (χ3v) is 10.7. The zero-order valence-electron chi connectivity index (χ0n) is 19.5. The Balaban J connectivity index is 1.65. The molecule has 4 aliphatic rings. The van der Waals surface area contributed by atoms with Crippen molar-refractivity contribution in [1.82, 2.24) is 0 Å². The smallest absolute Gasteiger partial charge is 0.303 e. The lowest BCUT2D eigenvalue weighted by Crippen LogP contribution is -2.65. The number of methoxy groups -OCH3 is 1. The molecular weight excluding hydrogens is 396 g/mol. The predicted molar refractivity (Wildman–Crippen MR) is 116 cm³/mol. The number of hydrogen-bond donors (Lipinski definition) is 4. The molecule has 178 valence electrons. The standard InChI is InChI=1S/C25H42O6/c1-13(5-8-22(29)30)16-6-7-17-23-18(12-20(28)25(16,17)3)24(2)14(10-19(23)27)9-15(26)11-21(24)31-4/h13-21,23,26-28H,5-12H2,1-4H3,(H,29,30)/t13-,14+,15+,16-,17+,18+,19-,20+,21?,23+,24+,25-/m1/s1. The second kappa shape index (κ2) is 8.27. The van der Waals surface area contributed by atoms with E-state index >= 15 is 0 Å². The highest BCUT2D eigenvalue weighted by Gasteiger charge is 2.67. The number of aliphatic carboxylic acids is 1. The lowest BCUT2D eigenvalue weighted by molar-refractivity contribution is -0.238. The van der Waals surface area contributed by atoms with Gasteiger partial charge in [-0.3, -0.25) is 4.79 Å². The van der Waals surface area contributed by atoms with Crippen LogP contribution in [0.5, 0.6) is 0 Å². The van der Waals surface area contributed by atoms with Crippen molar-refractivity contribution in [2.75, 3.05) is 7.11 Å². The van der Waals surface area contributed by atoms with Crippen LogP contribution in [0.15, 0.2) is 0 Å². The van der Waals surface area contributed by atoms with Crippen LogP contribution in [0.4, 0.5) is 0 Å². The van der Waals surface area contributed by atoms with Gasteiger partial charge in [-0.25, -0.2) is 0 Å². The number of aliphatic hydroxyl groups is 3. The molecule has 0 saturated heterocycles. The number of aliphatic hydroxyl groups excluding tert-OH is 3. The quantitative estimate of drug-likeness (QED) is 0.526. The van der Waals surface area contributed by atoms with E-state index in [2.05, 4.69) is 20.8 Å². The van der Waals surface area contributed by atoms with Crippen LogP contribution in [0.3, 0.4) is 0 Å². The maximum atomic E-state index is 11.6. The zero-order valence-corrected chi connectivity index (χ0v) is 19.5. The monoisotopic (exact) mass is 438 g/mol. The predicted octanol–water partition coefficient (Wildman–Crippen LogP) is 3.07. The number of hydrogen-bond acceptors (Lipinski definition) is 5. The van der Waals surface area contributed by atoms with E-state index in [-0.39, 0.29) is 58.9 Å². The van der Waals surface area contributed by atoms with E-state index in [1.165, 1.54) is 0 Å². The minimum Gasteiger partial charge on any atom is -0.481 e. The first-order chi connectivity index (χ1) is 14.5. The molecule has 4 saturated carbocycles. The van der Waals surface area contributed by atoms with Crippen molar-refractivity contribution in [2.45, 2.75) is 96.6 Å². The van der Waals surface area contributed by atoms with Crippen molar-refractivity contribution < 1.29 is 30.0 Å². The summed E-state index contributed by atoms with van der Waals surface area (Å²) in [6, 6.07) is 0. The summed E-state index contributed by atoms with van der Waals surface area (Å²) in [7, 11) is 1.73. The molecule has 0 aliphatic heterocycles. The number of fused-ring (bicyclic) bond motifs is 5. The number of ether oxygens (including phenoxy) is 1. The van der Waals surface area contributed by atoms with Gasteiger partial charge in [0.05, 0.1) is 24.4 Å². The highest BCUT2D eigenvalue weighted by molar-refractivity contribution is 5.66. The van der Waals surface area contributed by atoms with Crippen LogP contribution in [-0.2, 0) is 9.53 Å². The van der Waals surface area contributed by atoms with E-state index in [0.717, 1.165) is 12.8 Å². The lowest BCUT2D eigenvalue weighted by Gasteiger charge is -2.65. The van der Waals surface area contributed by atoms with Gasteiger partial charge in [0, 0.05) is 25.4 Å². The SMILES string of the molecule is COC1C[C@@H](O)C[C@H]2C[C@@H](O)[C@@H]3[C@H](C[C@H](O)[C@]4(C)[C@@H]([C@H](C)CCC(=O)O)CC[C@@H]34)[C@@]12C. The maximum Gasteiger partial charge on any atom is 0.303 e. The Hall–Kier alpha value is -0.690. The molecule has 4 aliphatic carbocycles. The molecule has 0 bridgehead atoms. The Bertz CT molecular complexity index is 683. The van der Waals surface area contributed by atoms with Crippen molar-refractivity contribution in [1.29, 1.82) is 0 Å². The van der Waals surface area contributed by atoms with Crippen LogP contribution in [0, 0.1) is 46.3 Å². The molecule has 12 atom stereocenters. The average molecular weight is 439 g/mol. The fourth-order valence-electron chi connectivity index (χ4n) is 9.08. The van der Waals surface area contributed by atoms with Gasteiger partial charge >= 0.3 is 5.97 Å². The van der Waals surface area contributed by atoms with Crippen LogP contribution < -0.4 is 0 Å². The lowest BCUT2D eigenvalue weighted by atomic mass is 9.42. The Kier molecular flexibility index (Phi) is 6.26. The third kappa shape index (κ3) is 3.48. The second-order valence-electron chi connectivity index (χ2n) is 11.7. The number of carboxylic acid groups (broad SMARTS) is 1. The molecule has 0 amide bonds. The molecule has 4 N–H and O–H groups in total. The molecule has 0 spiro atoms. The molecule has 1 unspecified atom stereocenters.